The van der Waals surface area contributed by atoms with Crippen molar-refractivity contribution in [2.24, 2.45) is 0 Å². The Morgan fingerprint density at radius 3 is 2.57 bits per heavy atom. The summed E-state index contributed by atoms with van der Waals surface area (Å²) in [6.07, 6.45) is 8.19. The van der Waals surface area contributed by atoms with Gasteiger partial charge in [-0.05, 0) is 57.1 Å². The third-order valence-corrected chi connectivity index (χ3v) is 4.00. The topological polar surface area (TPSA) is 58.4 Å². The molecule has 1 amide bonds. The SMILES string of the molecule is Nc1cccc(NC(=O)CCCN2CCCCCCC2)c1. The molecule has 1 aromatic carbocycles. The van der Waals surface area contributed by atoms with E-state index in [4.69, 9.17) is 5.73 Å². The number of rotatable bonds is 5. The van der Waals surface area contributed by atoms with Gasteiger partial charge in [0.2, 0.25) is 5.91 Å². The van der Waals surface area contributed by atoms with Gasteiger partial charge in [-0.1, -0.05) is 25.3 Å². The van der Waals surface area contributed by atoms with Crippen LogP contribution in [0.2, 0.25) is 0 Å². The molecule has 0 aromatic heterocycles. The summed E-state index contributed by atoms with van der Waals surface area (Å²) in [6, 6.07) is 7.32. The molecule has 1 aliphatic heterocycles. The maximum atomic E-state index is 11.9. The minimum Gasteiger partial charge on any atom is -0.399 e. The van der Waals surface area contributed by atoms with Crippen molar-refractivity contribution in [3.8, 4) is 0 Å². The lowest BCUT2D eigenvalue weighted by Gasteiger charge is -2.24. The number of carbonyl (C=O) groups is 1. The third kappa shape index (κ3) is 6.17. The fourth-order valence-corrected chi connectivity index (χ4v) is 2.84. The predicted molar refractivity (Wildman–Crippen MR) is 88.2 cm³/mol. The average molecular weight is 289 g/mol. The zero-order valence-electron chi connectivity index (χ0n) is 12.8. The van der Waals surface area contributed by atoms with Gasteiger partial charge >= 0.3 is 0 Å². The van der Waals surface area contributed by atoms with Gasteiger partial charge in [-0.3, -0.25) is 4.79 Å². The zero-order valence-corrected chi connectivity index (χ0v) is 12.8. The lowest BCUT2D eigenvalue weighted by atomic mass is 10.1. The molecule has 1 fully saturated rings. The van der Waals surface area contributed by atoms with Gasteiger partial charge in [-0.25, -0.2) is 0 Å². The molecule has 3 N–H and O–H groups in total. The first kappa shape index (κ1) is 15.8. The van der Waals surface area contributed by atoms with Gasteiger partial charge in [0.15, 0.2) is 0 Å². The van der Waals surface area contributed by atoms with Gasteiger partial charge < -0.3 is 16.0 Å². The van der Waals surface area contributed by atoms with Crippen molar-refractivity contribution in [3.63, 3.8) is 0 Å². The number of benzene rings is 1. The first-order chi connectivity index (χ1) is 10.2. The van der Waals surface area contributed by atoms with Crippen LogP contribution in [0.4, 0.5) is 11.4 Å². The Morgan fingerprint density at radius 1 is 1.14 bits per heavy atom. The van der Waals surface area contributed by atoms with Crippen LogP contribution in [0.1, 0.15) is 44.9 Å². The summed E-state index contributed by atoms with van der Waals surface area (Å²) < 4.78 is 0. The Bertz CT molecular complexity index is 439. The number of likely N-dealkylation sites (tertiary alicyclic amines) is 1. The molecule has 0 spiro atoms. The zero-order chi connectivity index (χ0) is 14.9. The minimum absolute atomic E-state index is 0.0765. The van der Waals surface area contributed by atoms with Crippen LogP contribution in [-0.4, -0.2) is 30.4 Å². The Kier molecular flexibility index (Phi) is 6.54. The molecule has 0 unspecified atom stereocenters. The van der Waals surface area contributed by atoms with Crippen molar-refractivity contribution in [3.05, 3.63) is 24.3 Å². The number of nitrogen functional groups attached to an aromatic ring is 1. The lowest BCUT2D eigenvalue weighted by molar-refractivity contribution is -0.116. The van der Waals surface area contributed by atoms with E-state index >= 15 is 0 Å². The van der Waals surface area contributed by atoms with Gasteiger partial charge in [0.25, 0.3) is 0 Å². The highest BCUT2D eigenvalue weighted by Gasteiger charge is 2.09. The first-order valence-corrected chi connectivity index (χ1v) is 8.12. The Balaban J connectivity index is 1.66. The maximum Gasteiger partial charge on any atom is 0.224 e. The molecule has 1 saturated heterocycles. The molecule has 2 rings (SSSR count). The molecule has 0 bridgehead atoms. The first-order valence-electron chi connectivity index (χ1n) is 8.12. The van der Waals surface area contributed by atoms with E-state index in [1.165, 1.54) is 45.2 Å². The quantitative estimate of drug-likeness (QED) is 0.818. The molecule has 1 aliphatic rings. The van der Waals surface area contributed by atoms with E-state index in [0.717, 1.165) is 18.7 Å². The van der Waals surface area contributed by atoms with Crippen LogP contribution in [0.3, 0.4) is 0 Å². The van der Waals surface area contributed by atoms with E-state index in [2.05, 4.69) is 10.2 Å². The van der Waals surface area contributed by atoms with E-state index in [1.807, 2.05) is 18.2 Å². The smallest absolute Gasteiger partial charge is 0.224 e. The summed E-state index contributed by atoms with van der Waals surface area (Å²) >= 11 is 0. The summed E-state index contributed by atoms with van der Waals surface area (Å²) in [5.41, 5.74) is 7.16. The van der Waals surface area contributed by atoms with Crippen LogP contribution in [0.5, 0.6) is 0 Å². The number of amides is 1. The molecule has 0 aliphatic carbocycles. The second kappa shape index (κ2) is 8.67. The van der Waals surface area contributed by atoms with E-state index < -0.39 is 0 Å². The monoisotopic (exact) mass is 289 g/mol. The highest BCUT2D eigenvalue weighted by molar-refractivity contribution is 5.91. The molecular weight excluding hydrogens is 262 g/mol. The fourth-order valence-electron chi connectivity index (χ4n) is 2.84. The van der Waals surface area contributed by atoms with Crippen LogP contribution in [0.15, 0.2) is 24.3 Å². The highest BCUT2D eigenvalue weighted by Crippen LogP contribution is 2.13. The van der Waals surface area contributed by atoms with Crippen molar-refractivity contribution in [1.29, 1.82) is 0 Å². The second-order valence-electron chi connectivity index (χ2n) is 5.89. The summed E-state index contributed by atoms with van der Waals surface area (Å²) in [7, 11) is 0. The van der Waals surface area contributed by atoms with E-state index in [0.29, 0.717) is 12.1 Å². The normalized spacial score (nSPS) is 17.0. The van der Waals surface area contributed by atoms with E-state index in [1.54, 1.807) is 6.07 Å². The molecule has 1 heterocycles. The Labute approximate surface area is 127 Å². The van der Waals surface area contributed by atoms with Gasteiger partial charge in [0, 0.05) is 17.8 Å². The van der Waals surface area contributed by atoms with Crippen LogP contribution in [0, 0.1) is 0 Å². The molecule has 116 valence electrons. The standard InChI is InChI=1S/C17H27N3O/c18-15-8-6-9-16(14-15)19-17(21)10-7-13-20-11-4-2-1-3-5-12-20/h6,8-9,14H,1-5,7,10-13,18H2,(H,19,21). The maximum absolute atomic E-state index is 11.9. The van der Waals surface area contributed by atoms with E-state index in [9.17, 15) is 4.79 Å². The van der Waals surface area contributed by atoms with Crippen molar-refractivity contribution in [2.45, 2.75) is 44.9 Å². The van der Waals surface area contributed by atoms with Crippen molar-refractivity contribution in [1.82, 2.24) is 4.90 Å². The summed E-state index contributed by atoms with van der Waals surface area (Å²) in [6.45, 7) is 3.41. The number of anilines is 2. The molecule has 1 aromatic rings. The molecule has 4 heteroatoms. The second-order valence-corrected chi connectivity index (χ2v) is 5.89. The average Bonchev–Trinajstić information content (AvgIpc) is 2.41. The van der Waals surface area contributed by atoms with Gasteiger partial charge in [0.1, 0.15) is 0 Å². The van der Waals surface area contributed by atoms with Crippen molar-refractivity contribution >= 4 is 17.3 Å². The predicted octanol–water partition coefficient (Wildman–Crippen LogP) is 3.25. The van der Waals surface area contributed by atoms with E-state index in [-0.39, 0.29) is 5.91 Å². The summed E-state index contributed by atoms with van der Waals surface area (Å²) in [5.74, 6) is 0.0765. The van der Waals surface area contributed by atoms with Crippen molar-refractivity contribution in [2.75, 3.05) is 30.7 Å². The molecule has 4 nitrogen and oxygen atoms in total. The largest absolute Gasteiger partial charge is 0.399 e. The van der Waals surface area contributed by atoms with Crippen LogP contribution in [-0.2, 0) is 4.79 Å². The summed E-state index contributed by atoms with van der Waals surface area (Å²) in [5, 5.41) is 2.91. The summed E-state index contributed by atoms with van der Waals surface area (Å²) in [4.78, 5) is 14.4. The molecule has 0 saturated carbocycles. The van der Waals surface area contributed by atoms with Gasteiger partial charge in [0.05, 0.1) is 0 Å². The number of nitrogens with one attached hydrogen (secondary N) is 1. The van der Waals surface area contributed by atoms with Gasteiger partial charge in [-0.15, -0.1) is 0 Å². The highest BCUT2D eigenvalue weighted by atomic mass is 16.1. The van der Waals surface area contributed by atoms with Crippen LogP contribution >= 0.6 is 0 Å². The number of nitrogens with two attached hydrogens (primary N) is 1. The number of hydrogen-bond donors (Lipinski definition) is 2. The minimum atomic E-state index is 0.0765. The Morgan fingerprint density at radius 2 is 1.86 bits per heavy atom. The van der Waals surface area contributed by atoms with Crippen molar-refractivity contribution < 1.29 is 4.79 Å². The number of carbonyl (C=O) groups excluding carboxylic acids is 1. The van der Waals surface area contributed by atoms with Crippen LogP contribution in [0.25, 0.3) is 0 Å². The Hall–Kier alpha value is -1.55. The molecule has 21 heavy (non-hydrogen) atoms. The van der Waals surface area contributed by atoms with Crippen LogP contribution < -0.4 is 11.1 Å². The molecule has 0 atom stereocenters. The molecule has 0 radical (unpaired) electrons. The van der Waals surface area contributed by atoms with Gasteiger partial charge in [-0.2, -0.15) is 0 Å². The fraction of sp³-hybridized carbons (Fsp3) is 0.588. The number of hydrogen-bond acceptors (Lipinski definition) is 3. The lowest BCUT2D eigenvalue weighted by Crippen LogP contribution is -2.29. The number of nitrogens with zero attached hydrogens (tertiary/aromatic N) is 1. The third-order valence-electron chi connectivity index (χ3n) is 4.00. The molecular formula is C17H27N3O.